The first-order valence-corrected chi connectivity index (χ1v) is 7.67. The number of hydrogen-bond donors (Lipinski definition) is 1. The van der Waals surface area contributed by atoms with Crippen molar-refractivity contribution in [2.45, 2.75) is 13.3 Å². The van der Waals surface area contributed by atoms with Crippen LogP contribution in [0.3, 0.4) is 0 Å². The first-order valence-electron chi connectivity index (χ1n) is 6.06. The van der Waals surface area contributed by atoms with Crippen molar-refractivity contribution < 1.29 is 23.8 Å². The van der Waals surface area contributed by atoms with Gasteiger partial charge in [-0.2, -0.15) is 0 Å². The maximum atomic E-state index is 14.2. The van der Waals surface area contributed by atoms with Crippen LogP contribution in [0.25, 0.3) is 10.1 Å². The molecule has 1 aromatic carbocycles. The van der Waals surface area contributed by atoms with Crippen molar-refractivity contribution in [3.63, 3.8) is 0 Å². The molecule has 2 rings (SSSR count). The zero-order chi connectivity index (χ0) is 15.7. The minimum Gasteiger partial charge on any atom is -0.495 e. The van der Waals surface area contributed by atoms with Crippen LogP contribution < -0.4 is 4.74 Å². The number of fused-ring (bicyclic) bond motifs is 1. The minimum atomic E-state index is -1.03. The molecular formula is C14H12BrFO4S. The molecule has 1 aromatic heterocycles. The summed E-state index contributed by atoms with van der Waals surface area (Å²) in [7, 11) is 1.43. The topological polar surface area (TPSA) is 63.6 Å². The molecule has 0 bridgehead atoms. The summed E-state index contributed by atoms with van der Waals surface area (Å²) in [5.74, 6) is -2.25. The first kappa shape index (κ1) is 15.9. The SMILES string of the molecule is COc1cc2sc(C(=O)CC(C)C(=O)O)cc2c(F)c1Br. The molecule has 4 nitrogen and oxygen atoms in total. The summed E-state index contributed by atoms with van der Waals surface area (Å²) >= 11 is 4.24. The van der Waals surface area contributed by atoms with E-state index in [4.69, 9.17) is 9.84 Å². The number of rotatable bonds is 5. The molecule has 1 unspecified atom stereocenters. The molecule has 0 spiro atoms. The monoisotopic (exact) mass is 374 g/mol. The van der Waals surface area contributed by atoms with Gasteiger partial charge >= 0.3 is 5.97 Å². The van der Waals surface area contributed by atoms with Crippen molar-refractivity contribution >= 4 is 49.1 Å². The Labute approximate surface area is 132 Å². The summed E-state index contributed by atoms with van der Waals surface area (Å²) in [4.78, 5) is 23.2. The molecule has 0 fully saturated rings. The Hall–Kier alpha value is -1.47. The molecule has 1 atom stereocenters. The molecule has 1 N–H and O–H groups in total. The van der Waals surface area contributed by atoms with E-state index >= 15 is 0 Å². The lowest BCUT2D eigenvalue weighted by atomic mass is 10.0. The number of carbonyl (C=O) groups is 2. The predicted molar refractivity (Wildman–Crippen MR) is 81.8 cm³/mol. The van der Waals surface area contributed by atoms with Crippen LogP contribution in [0.5, 0.6) is 5.75 Å². The Balaban J connectivity index is 2.41. The smallest absolute Gasteiger partial charge is 0.306 e. The van der Waals surface area contributed by atoms with E-state index in [9.17, 15) is 14.0 Å². The zero-order valence-electron chi connectivity index (χ0n) is 11.3. The predicted octanol–water partition coefficient (Wildman–Crippen LogP) is 4.11. The highest BCUT2D eigenvalue weighted by Crippen LogP contribution is 2.38. The number of hydrogen-bond acceptors (Lipinski definition) is 4. The number of methoxy groups -OCH3 is 1. The number of carboxylic acid groups (broad SMARTS) is 1. The van der Waals surface area contributed by atoms with Gasteiger partial charge in [0, 0.05) is 16.5 Å². The number of carbonyl (C=O) groups excluding carboxylic acids is 1. The van der Waals surface area contributed by atoms with Crippen molar-refractivity contribution in [3.8, 4) is 5.75 Å². The lowest BCUT2D eigenvalue weighted by Gasteiger charge is -2.04. The first-order chi connectivity index (χ1) is 9.85. The van der Waals surface area contributed by atoms with Gasteiger partial charge in [0.05, 0.1) is 22.4 Å². The van der Waals surface area contributed by atoms with Crippen LogP contribution in [0.4, 0.5) is 4.39 Å². The van der Waals surface area contributed by atoms with Crippen molar-refractivity contribution in [2.75, 3.05) is 7.11 Å². The Morgan fingerprint density at radius 1 is 1.48 bits per heavy atom. The minimum absolute atomic E-state index is 0.109. The number of thiophene rings is 1. The third kappa shape index (κ3) is 3.08. The standard InChI is InChI=1S/C14H12BrFO4S/c1-6(14(18)19)3-8(17)11-4-7-10(21-11)5-9(20-2)12(15)13(7)16/h4-6H,3H2,1-2H3,(H,18,19). The average Bonchev–Trinajstić information content (AvgIpc) is 2.86. The Morgan fingerprint density at radius 2 is 2.14 bits per heavy atom. The van der Waals surface area contributed by atoms with Gasteiger partial charge in [-0.05, 0) is 28.1 Å². The highest BCUT2D eigenvalue weighted by atomic mass is 79.9. The number of Topliss-reactive ketones (excluding diaryl/α,β-unsaturated/α-hetero) is 1. The Bertz CT molecular complexity index is 725. The summed E-state index contributed by atoms with van der Waals surface area (Å²) in [5, 5.41) is 9.15. The highest BCUT2D eigenvalue weighted by molar-refractivity contribution is 9.10. The number of ether oxygens (including phenoxy) is 1. The Kier molecular flexibility index (Phi) is 4.63. The van der Waals surface area contributed by atoms with E-state index in [0.29, 0.717) is 20.7 Å². The van der Waals surface area contributed by atoms with Crippen LogP contribution in [0, 0.1) is 11.7 Å². The van der Waals surface area contributed by atoms with E-state index in [0.717, 1.165) is 11.3 Å². The van der Waals surface area contributed by atoms with Gasteiger partial charge in [-0.15, -0.1) is 11.3 Å². The maximum absolute atomic E-state index is 14.2. The highest BCUT2D eigenvalue weighted by Gasteiger charge is 2.21. The molecule has 0 saturated heterocycles. The zero-order valence-corrected chi connectivity index (χ0v) is 13.7. The Morgan fingerprint density at radius 3 is 2.71 bits per heavy atom. The van der Waals surface area contributed by atoms with Crippen molar-refractivity contribution in [3.05, 3.63) is 27.3 Å². The molecule has 0 radical (unpaired) electrons. The molecule has 0 aliphatic rings. The van der Waals surface area contributed by atoms with Gasteiger partial charge in [0.1, 0.15) is 11.6 Å². The molecule has 21 heavy (non-hydrogen) atoms. The molecule has 0 aliphatic heterocycles. The summed E-state index contributed by atoms with van der Waals surface area (Å²) in [6.07, 6.45) is -0.109. The summed E-state index contributed by atoms with van der Waals surface area (Å²) in [6.45, 7) is 1.47. The number of benzene rings is 1. The van der Waals surface area contributed by atoms with Gasteiger partial charge in [0.25, 0.3) is 0 Å². The van der Waals surface area contributed by atoms with E-state index in [1.165, 1.54) is 20.1 Å². The lowest BCUT2D eigenvalue weighted by Crippen LogP contribution is -2.13. The number of halogens is 2. The molecule has 0 saturated carbocycles. The fourth-order valence-corrected chi connectivity index (χ4v) is 3.37. The number of ketones is 1. The van der Waals surface area contributed by atoms with E-state index in [2.05, 4.69) is 15.9 Å². The summed E-state index contributed by atoms with van der Waals surface area (Å²) < 4.78 is 20.0. The van der Waals surface area contributed by atoms with Crippen LogP contribution in [-0.4, -0.2) is 24.0 Å². The van der Waals surface area contributed by atoms with E-state index < -0.39 is 17.7 Å². The fraction of sp³-hybridized carbons (Fsp3) is 0.286. The molecule has 0 aliphatic carbocycles. The average molecular weight is 375 g/mol. The van der Waals surface area contributed by atoms with E-state index in [1.807, 2.05) is 0 Å². The maximum Gasteiger partial charge on any atom is 0.306 e. The second kappa shape index (κ2) is 6.11. The number of aliphatic carboxylic acids is 1. The summed E-state index contributed by atoms with van der Waals surface area (Å²) in [6, 6.07) is 3.10. The summed E-state index contributed by atoms with van der Waals surface area (Å²) in [5.41, 5.74) is 0. The van der Waals surface area contributed by atoms with Crippen LogP contribution in [-0.2, 0) is 4.79 Å². The molecule has 2 aromatic rings. The van der Waals surface area contributed by atoms with Crippen molar-refractivity contribution in [2.24, 2.45) is 5.92 Å². The van der Waals surface area contributed by atoms with Crippen LogP contribution in [0.15, 0.2) is 16.6 Å². The molecular weight excluding hydrogens is 363 g/mol. The van der Waals surface area contributed by atoms with Gasteiger partial charge in [-0.3, -0.25) is 9.59 Å². The van der Waals surface area contributed by atoms with Crippen LogP contribution in [0.1, 0.15) is 23.0 Å². The molecule has 0 amide bonds. The second-order valence-corrected chi connectivity index (χ2v) is 6.47. The van der Waals surface area contributed by atoms with Crippen molar-refractivity contribution in [1.82, 2.24) is 0 Å². The van der Waals surface area contributed by atoms with Crippen molar-refractivity contribution in [1.29, 1.82) is 0 Å². The van der Waals surface area contributed by atoms with Crippen LogP contribution in [0.2, 0.25) is 0 Å². The van der Waals surface area contributed by atoms with E-state index in [-0.39, 0.29) is 16.7 Å². The second-order valence-electron chi connectivity index (χ2n) is 4.60. The van der Waals surface area contributed by atoms with Gasteiger partial charge in [-0.1, -0.05) is 6.92 Å². The molecule has 112 valence electrons. The molecule has 7 heteroatoms. The number of carboxylic acids is 1. The quantitative estimate of drug-likeness (QED) is 0.800. The molecule has 1 heterocycles. The van der Waals surface area contributed by atoms with Gasteiger partial charge < -0.3 is 9.84 Å². The largest absolute Gasteiger partial charge is 0.495 e. The van der Waals surface area contributed by atoms with Crippen LogP contribution >= 0.6 is 27.3 Å². The lowest BCUT2D eigenvalue weighted by molar-refractivity contribution is -0.141. The van der Waals surface area contributed by atoms with Gasteiger partial charge in [-0.25, -0.2) is 4.39 Å². The van der Waals surface area contributed by atoms with Gasteiger partial charge in [0.15, 0.2) is 5.78 Å². The van der Waals surface area contributed by atoms with Gasteiger partial charge in [0.2, 0.25) is 0 Å². The fourth-order valence-electron chi connectivity index (χ4n) is 1.84. The normalized spacial score (nSPS) is 12.4. The third-order valence-corrected chi connectivity index (χ3v) is 4.94. The third-order valence-electron chi connectivity index (χ3n) is 3.08. The van der Waals surface area contributed by atoms with E-state index in [1.54, 1.807) is 6.07 Å².